The van der Waals surface area contributed by atoms with Gasteiger partial charge < -0.3 is 14.8 Å². The quantitative estimate of drug-likeness (QED) is 0.612. The van der Waals surface area contributed by atoms with Crippen LogP contribution in [-0.2, 0) is 0 Å². The molecule has 0 bridgehead atoms. The van der Waals surface area contributed by atoms with Crippen LogP contribution >= 0.6 is 0 Å². The summed E-state index contributed by atoms with van der Waals surface area (Å²) < 4.78 is 10.5. The lowest BCUT2D eigenvalue weighted by molar-refractivity contribution is 0.104. The van der Waals surface area contributed by atoms with E-state index in [1.165, 1.54) is 0 Å². The fraction of sp³-hybridized carbons (Fsp3) is 0.211. The molecule has 0 heterocycles. The van der Waals surface area contributed by atoms with Crippen LogP contribution in [0.25, 0.3) is 0 Å². The van der Waals surface area contributed by atoms with E-state index in [1.54, 1.807) is 37.5 Å². The van der Waals surface area contributed by atoms with Gasteiger partial charge in [0, 0.05) is 23.0 Å². The maximum atomic E-state index is 12.2. The molecule has 0 radical (unpaired) electrons. The van der Waals surface area contributed by atoms with E-state index in [-0.39, 0.29) is 5.78 Å². The molecule has 0 saturated carbocycles. The zero-order valence-electron chi connectivity index (χ0n) is 13.6. The van der Waals surface area contributed by atoms with Crippen molar-refractivity contribution in [3.8, 4) is 11.5 Å². The summed E-state index contributed by atoms with van der Waals surface area (Å²) in [5.74, 6) is 1.51. The largest absolute Gasteiger partial charge is 0.497 e. The van der Waals surface area contributed by atoms with Crippen molar-refractivity contribution in [2.75, 3.05) is 19.0 Å². The molecule has 23 heavy (non-hydrogen) atoms. The Labute approximate surface area is 136 Å². The molecule has 2 rings (SSSR count). The molecule has 0 amide bonds. The highest BCUT2D eigenvalue weighted by molar-refractivity contribution is 6.05. The van der Waals surface area contributed by atoms with E-state index in [0.717, 1.165) is 22.9 Å². The smallest absolute Gasteiger partial charge is 0.187 e. The molecular formula is C19H21NO3. The van der Waals surface area contributed by atoms with Gasteiger partial charge in [-0.05, 0) is 62.4 Å². The first-order valence-corrected chi connectivity index (χ1v) is 7.49. The van der Waals surface area contributed by atoms with Crippen LogP contribution in [0.15, 0.2) is 60.3 Å². The maximum Gasteiger partial charge on any atom is 0.187 e. The molecular weight excluding hydrogens is 290 g/mol. The van der Waals surface area contributed by atoms with Crippen LogP contribution in [0.2, 0.25) is 0 Å². The van der Waals surface area contributed by atoms with Gasteiger partial charge >= 0.3 is 0 Å². The molecule has 0 fully saturated rings. The van der Waals surface area contributed by atoms with Crippen molar-refractivity contribution in [3.05, 3.63) is 65.9 Å². The Kier molecular flexibility index (Phi) is 5.80. The zero-order valence-corrected chi connectivity index (χ0v) is 13.6. The molecule has 0 aliphatic carbocycles. The highest BCUT2D eigenvalue weighted by Gasteiger charge is 2.04. The molecule has 0 saturated heterocycles. The molecule has 2 aromatic carbocycles. The van der Waals surface area contributed by atoms with Gasteiger partial charge in [-0.25, -0.2) is 0 Å². The molecule has 0 aromatic heterocycles. The van der Waals surface area contributed by atoms with E-state index in [9.17, 15) is 4.79 Å². The number of benzene rings is 2. The van der Waals surface area contributed by atoms with Crippen molar-refractivity contribution in [3.63, 3.8) is 0 Å². The van der Waals surface area contributed by atoms with Crippen LogP contribution in [0.4, 0.5) is 5.69 Å². The lowest BCUT2D eigenvalue weighted by Crippen LogP contribution is -2.01. The van der Waals surface area contributed by atoms with Gasteiger partial charge in [0.1, 0.15) is 11.5 Å². The number of allylic oxidation sites excluding steroid dienone is 2. The van der Waals surface area contributed by atoms with Gasteiger partial charge in [-0.1, -0.05) is 0 Å². The van der Waals surface area contributed by atoms with E-state index in [2.05, 4.69) is 5.32 Å². The number of nitrogens with one attached hydrogen (secondary N) is 1. The highest BCUT2D eigenvalue weighted by Crippen LogP contribution is 2.17. The molecule has 4 nitrogen and oxygen atoms in total. The van der Waals surface area contributed by atoms with Crippen LogP contribution in [0.1, 0.15) is 24.2 Å². The molecule has 0 aliphatic rings. The third-order valence-electron chi connectivity index (χ3n) is 3.23. The summed E-state index contributed by atoms with van der Waals surface area (Å²) in [6, 6.07) is 14.7. The first kappa shape index (κ1) is 16.6. The van der Waals surface area contributed by atoms with E-state index in [1.807, 2.05) is 38.1 Å². The summed E-state index contributed by atoms with van der Waals surface area (Å²) in [7, 11) is 1.60. The Bertz CT molecular complexity index is 673. The van der Waals surface area contributed by atoms with Crippen molar-refractivity contribution in [2.24, 2.45) is 0 Å². The Morgan fingerprint density at radius 2 is 1.65 bits per heavy atom. The van der Waals surface area contributed by atoms with E-state index in [4.69, 9.17) is 9.47 Å². The molecule has 0 unspecified atom stereocenters. The van der Waals surface area contributed by atoms with E-state index < -0.39 is 0 Å². The Morgan fingerprint density at radius 3 is 2.22 bits per heavy atom. The standard InChI is InChI=1S/C19H21NO3/c1-4-23-18-11-7-16(8-12-18)20-14(2)13-19(21)15-5-9-17(22-3)10-6-15/h5-13,20H,4H2,1-3H3/b14-13+. The summed E-state index contributed by atoms with van der Waals surface area (Å²) in [5, 5.41) is 3.19. The molecule has 4 heteroatoms. The normalized spacial score (nSPS) is 11.0. The van der Waals surface area contributed by atoms with Crippen LogP contribution in [0.5, 0.6) is 11.5 Å². The Hall–Kier alpha value is -2.75. The van der Waals surface area contributed by atoms with Gasteiger partial charge in [-0.3, -0.25) is 4.79 Å². The minimum atomic E-state index is -0.0522. The van der Waals surface area contributed by atoms with Crippen molar-refractivity contribution in [2.45, 2.75) is 13.8 Å². The summed E-state index contributed by atoms with van der Waals surface area (Å²) in [6.07, 6.45) is 1.58. The van der Waals surface area contributed by atoms with Gasteiger partial charge in [0.05, 0.1) is 13.7 Å². The van der Waals surface area contributed by atoms with Crippen LogP contribution < -0.4 is 14.8 Å². The highest BCUT2D eigenvalue weighted by atomic mass is 16.5. The molecule has 0 spiro atoms. The van der Waals surface area contributed by atoms with Crippen molar-refractivity contribution < 1.29 is 14.3 Å². The summed E-state index contributed by atoms with van der Waals surface area (Å²) >= 11 is 0. The summed E-state index contributed by atoms with van der Waals surface area (Å²) in [5.41, 5.74) is 2.30. The second-order valence-electron chi connectivity index (χ2n) is 5.00. The monoisotopic (exact) mass is 311 g/mol. The number of carbonyl (C=O) groups excluding carboxylic acids is 1. The number of anilines is 1. The second kappa shape index (κ2) is 8.03. The Morgan fingerprint density at radius 1 is 1.04 bits per heavy atom. The van der Waals surface area contributed by atoms with Crippen LogP contribution in [0, 0.1) is 0 Å². The molecule has 0 atom stereocenters. The predicted octanol–water partition coefficient (Wildman–Crippen LogP) is 4.29. The Balaban J connectivity index is 2.01. The maximum absolute atomic E-state index is 12.2. The van der Waals surface area contributed by atoms with Gasteiger partial charge in [0.2, 0.25) is 0 Å². The number of hydrogen-bond acceptors (Lipinski definition) is 4. The minimum Gasteiger partial charge on any atom is -0.497 e. The lowest BCUT2D eigenvalue weighted by atomic mass is 10.1. The number of ketones is 1. The van der Waals surface area contributed by atoms with Crippen molar-refractivity contribution in [1.82, 2.24) is 0 Å². The summed E-state index contributed by atoms with van der Waals surface area (Å²) in [6.45, 7) is 4.45. The fourth-order valence-electron chi connectivity index (χ4n) is 2.10. The first-order chi connectivity index (χ1) is 11.1. The van der Waals surface area contributed by atoms with Gasteiger partial charge in [0.25, 0.3) is 0 Å². The minimum absolute atomic E-state index is 0.0522. The number of hydrogen-bond donors (Lipinski definition) is 1. The zero-order chi connectivity index (χ0) is 16.7. The molecule has 2 aromatic rings. The summed E-state index contributed by atoms with van der Waals surface area (Å²) in [4.78, 5) is 12.2. The number of carbonyl (C=O) groups is 1. The molecule has 0 aliphatic heterocycles. The number of methoxy groups -OCH3 is 1. The van der Waals surface area contributed by atoms with Crippen LogP contribution in [-0.4, -0.2) is 19.5 Å². The third-order valence-corrected chi connectivity index (χ3v) is 3.23. The van der Waals surface area contributed by atoms with Gasteiger partial charge in [0.15, 0.2) is 5.78 Å². The average molecular weight is 311 g/mol. The second-order valence-corrected chi connectivity index (χ2v) is 5.00. The third kappa shape index (κ3) is 4.88. The van der Waals surface area contributed by atoms with Gasteiger partial charge in [-0.2, -0.15) is 0 Å². The first-order valence-electron chi connectivity index (χ1n) is 7.49. The predicted molar refractivity (Wildman–Crippen MR) is 92.3 cm³/mol. The number of ether oxygens (including phenoxy) is 2. The topological polar surface area (TPSA) is 47.6 Å². The molecule has 120 valence electrons. The number of rotatable bonds is 7. The van der Waals surface area contributed by atoms with E-state index in [0.29, 0.717) is 12.2 Å². The SMILES string of the molecule is CCOc1ccc(N/C(C)=C/C(=O)c2ccc(OC)cc2)cc1. The van der Waals surface area contributed by atoms with E-state index >= 15 is 0 Å². The van der Waals surface area contributed by atoms with Gasteiger partial charge in [-0.15, -0.1) is 0 Å². The fourth-order valence-corrected chi connectivity index (χ4v) is 2.10. The van der Waals surface area contributed by atoms with Crippen molar-refractivity contribution >= 4 is 11.5 Å². The van der Waals surface area contributed by atoms with Crippen molar-refractivity contribution in [1.29, 1.82) is 0 Å². The average Bonchev–Trinajstić information content (AvgIpc) is 2.57. The van der Waals surface area contributed by atoms with Crippen LogP contribution in [0.3, 0.4) is 0 Å². The molecule has 1 N–H and O–H groups in total. The lowest BCUT2D eigenvalue weighted by Gasteiger charge is -2.08.